The number of benzene rings is 2. The van der Waals surface area contributed by atoms with Crippen LogP contribution in [0.1, 0.15) is 38.5 Å². The molecule has 3 aromatic rings. The molecule has 2 amide bonds. The first kappa shape index (κ1) is 18.9. The van der Waals surface area contributed by atoms with Crippen LogP contribution >= 0.6 is 0 Å². The van der Waals surface area contributed by atoms with Crippen LogP contribution in [0.2, 0.25) is 0 Å². The summed E-state index contributed by atoms with van der Waals surface area (Å²) >= 11 is 0. The van der Waals surface area contributed by atoms with Crippen LogP contribution in [0.4, 0.5) is 10.1 Å². The predicted molar refractivity (Wildman–Crippen MR) is 108 cm³/mol. The number of hydrogen-bond donors (Lipinski definition) is 1. The van der Waals surface area contributed by atoms with Crippen molar-refractivity contribution >= 4 is 17.5 Å². The average molecular weight is 392 g/mol. The molecule has 0 unspecified atom stereocenters. The van der Waals surface area contributed by atoms with Crippen LogP contribution < -0.4 is 5.32 Å². The molecule has 2 aromatic carbocycles. The van der Waals surface area contributed by atoms with Gasteiger partial charge in [0, 0.05) is 36.6 Å². The molecule has 7 heteroatoms. The first-order chi connectivity index (χ1) is 14.0. The van der Waals surface area contributed by atoms with Crippen molar-refractivity contribution in [2.75, 3.05) is 19.4 Å². The van der Waals surface area contributed by atoms with Gasteiger partial charge < -0.3 is 10.2 Å². The van der Waals surface area contributed by atoms with Crippen molar-refractivity contribution in [1.82, 2.24) is 14.7 Å². The molecule has 0 spiro atoms. The first-order valence-corrected chi connectivity index (χ1v) is 9.44. The SMILES string of the molecule is CN(C)C(=O)c1cccc(NC(=O)c2nn(-c3ccccc3F)c3c2CCC3)c1. The number of carbonyl (C=O) groups is 2. The Bertz CT molecular complexity index is 1100. The van der Waals surface area contributed by atoms with Gasteiger partial charge in [-0.1, -0.05) is 18.2 Å². The maximum Gasteiger partial charge on any atom is 0.276 e. The second-order valence-corrected chi connectivity index (χ2v) is 7.23. The number of carbonyl (C=O) groups excluding carboxylic acids is 2. The summed E-state index contributed by atoms with van der Waals surface area (Å²) in [6, 6.07) is 13.2. The van der Waals surface area contributed by atoms with Crippen LogP contribution in [0, 0.1) is 5.82 Å². The van der Waals surface area contributed by atoms with E-state index in [2.05, 4.69) is 10.4 Å². The molecule has 0 saturated heterocycles. The molecule has 1 aliphatic rings. The lowest BCUT2D eigenvalue weighted by molar-refractivity contribution is 0.0827. The van der Waals surface area contributed by atoms with E-state index >= 15 is 0 Å². The van der Waals surface area contributed by atoms with Crippen LogP contribution in [0.5, 0.6) is 0 Å². The molecule has 148 valence electrons. The normalized spacial score (nSPS) is 12.5. The Morgan fingerprint density at radius 1 is 1.10 bits per heavy atom. The number of para-hydroxylation sites is 1. The van der Waals surface area contributed by atoms with Gasteiger partial charge in [-0.25, -0.2) is 9.07 Å². The van der Waals surface area contributed by atoms with Crippen molar-refractivity contribution in [2.24, 2.45) is 0 Å². The number of rotatable bonds is 4. The summed E-state index contributed by atoms with van der Waals surface area (Å²) in [5, 5.41) is 7.26. The molecule has 0 bridgehead atoms. The smallest absolute Gasteiger partial charge is 0.276 e. The molecule has 1 aromatic heterocycles. The fourth-order valence-electron chi connectivity index (χ4n) is 3.62. The maximum absolute atomic E-state index is 14.3. The van der Waals surface area contributed by atoms with Crippen molar-refractivity contribution in [2.45, 2.75) is 19.3 Å². The van der Waals surface area contributed by atoms with E-state index in [1.807, 2.05) is 0 Å². The maximum atomic E-state index is 14.3. The zero-order valence-corrected chi connectivity index (χ0v) is 16.3. The molecule has 1 N–H and O–H groups in total. The molecular weight excluding hydrogens is 371 g/mol. The zero-order valence-electron chi connectivity index (χ0n) is 16.3. The van der Waals surface area contributed by atoms with Crippen LogP contribution in [0.15, 0.2) is 48.5 Å². The fourth-order valence-corrected chi connectivity index (χ4v) is 3.62. The standard InChI is InChI=1S/C22H21FN4O2/c1-26(2)22(29)14-7-5-8-15(13-14)24-21(28)20-16-9-6-12-18(16)27(25-20)19-11-4-3-10-17(19)23/h3-5,7-8,10-11,13H,6,9,12H2,1-2H3,(H,24,28). The Kier molecular flexibility index (Phi) is 4.88. The van der Waals surface area contributed by atoms with Crippen molar-refractivity contribution in [3.05, 3.63) is 76.9 Å². The van der Waals surface area contributed by atoms with E-state index in [1.165, 1.54) is 11.0 Å². The molecule has 29 heavy (non-hydrogen) atoms. The minimum absolute atomic E-state index is 0.147. The Morgan fingerprint density at radius 3 is 2.66 bits per heavy atom. The lowest BCUT2D eigenvalue weighted by atomic mass is 10.1. The molecule has 1 heterocycles. The lowest BCUT2D eigenvalue weighted by Crippen LogP contribution is -2.22. The Hall–Kier alpha value is -3.48. The van der Waals surface area contributed by atoms with Gasteiger partial charge >= 0.3 is 0 Å². The van der Waals surface area contributed by atoms with Gasteiger partial charge in [0.25, 0.3) is 11.8 Å². The number of hydrogen-bond acceptors (Lipinski definition) is 3. The van der Waals surface area contributed by atoms with Gasteiger partial charge in [-0.15, -0.1) is 0 Å². The number of nitrogens with one attached hydrogen (secondary N) is 1. The van der Waals surface area contributed by atoms with Crippen LogP contribution in [0.25, 0.3) is 5.69 Å². The molecule has 6 nitrogen and oxygen atoms in total. The van der Waals surface area contributed by atoms with Gasteiger partial charge in [-0.05, 0) is 49.6 Å². The first-order valence-electron chi connectivity index (χ1n) is 9.44. The largest absolute Gasteiger partial charge is 0.345 e. The number of nitrogens with zero attached hydrogens (tertiary/aromatic N) is 3. The number of aromatic nitrogens is 2. The van der Waals surface area contributed by atoms with Crippen molar-refractivity contribution in [1.29, 1.82) is 0 Å². The molecule has 0 radical (unpaired) electrons. The van der Waals surface area contributed by atoms with Gasteiger partial charge in [0.1, 0.15) is 11.5 Å². The summed E-state index contributed by atoms with van der Waals surface area (Å²) in [5.41, 5.74) is 3.35. The minimum atomic E-state index is -0.383. The highest BCUT2D eigenvalue weighted by Gasteiger charge is 2.28. The van der Waals surface area contributed by atoms with Gasteiger partial charge in [-0.3, -0.25) is 9.59 Å². The van der Waals surface area contributed by atoms with Crippen LogP contribution in [-0.4, -0.2) is 40.6 Å². The summed E-state index contributed by atoms with van der Waals surface area (Å²) in [5.74, 6) is -0.898. The highest BCUT2D eigenvalue weighted by Crippen LogP contribution is 2.29. The van der Waals surface area contributed by atoms with E-state index in [4.69, 9.17) is 0 Å². The van der Waals surface area contributed by atoms with Gasteiger partial charge in [0.15, 0.2) is 5.69 Å². The third kappa shape index (κ3) is 3.51. The molecule has 1 aliphatic carbocycles. The molecule has 0 fully saturated rings. The number of amides is 2. The quantitative estimate of drug-likeness (QED) is 0.740. The molecule has 0 saturated carbocycles. The molecule has 4 rings (SSSR count). The molecule has 0 atom stereocenters. The van der Waals surface area contributed by atoms with Gasteiger partial charge in [-0.2, -0.15) is 5.10 Å². The van der Waals surface area contributed by atoms with Crippen LogP contribution in [-0.2, 0) is 12.8 Å². The Balaban J connectivity index is 1.66. The zero-order chi connectivity index (χ0) is 20.5. The van der Waals surface area contributed by atoms with E-state index in [0.717, 1.165) is 30.5 Å². The third-order valence-electron chi connectivity index (χ3n) is 5.00. The number of halogens is 1. The predicted octanol–water partition coefficient (Wildman–Crippen LogP) is 3.45. The number of anilines is 1. The Morgan fingerprint density at radius 2 is 1.90 bits per heavy atom. The van der Waals surface area contributed by atoms with Crippen molar-refractivity contribution in [3.8, 4) is 5.69 Å². The fraction of sp³-hybridized carbons (Fsp3) is 0.227. The number of fused-ring (bicyclic) bond motifs is 1. The summed E-state index contributed by atoms with van der Waals surface area (Å²) in [7, 11) is 3.35. The van der Waals surface area contributed by atoms with E-state index in [9.17, 15) is 14.0 Å². The summed E-state index contributed by atoms with van der Waals surface area (Å²) < 4.78 is 15.8. The van der Waals surface area contributed by atoms with Crippen molar-refractivity contribution in [3.63, 3.8) is 0 Å². The lowest BCUT2D eigenvalue weighted by Gasteiger charge is -2.11. The summed E-state index contributed by atoms with van der Waals surface area (Å²) in [6.07, 6.45) is 2.37. The summed E-state index contributed by atoms with van der Waals surface area (Å²) in [4.78, 5) is 26.6. The second kappa shape index (κ2) is 7.50. The van der Waals surface area contributed by atoms with E-state index in [0.29, 0.717) is 22.6 Å². The Labute approximate surface area is 167 Å². The molecule has 0 aliphatic heterocycles. The minimum Gasteiger partial charge on any atom is -0.345 e. The van der Waals surface area contributed by atoms with E-state index < -0.39 is 0 Å². The van der Waals surface area contributed by atoms with Crippen LogP contribution in [0.3, 0.4) is 0 Å². The van der Waals surface area contributed by atoms with E-state index in [-0.39, 0.29) is 17.6 Å². The average Bonchev–Trinajstić information content (AvgIpc) is 3.31. The monoisotopic (exact) mass is 392 g/mol. The third-order valence-corrected chi connectivity index (χ3v) is 5.00. The molecular formula is C22H21FN4O2. The highest BCUT2D eigenvalue weighted by molar-refractivity contribution is 6.05. The van der Waals surface area contributed by atoms with Crippen molar-refractivity contribution < 1.29 is 14.0 Å². The summed E-state index contributed by atoms with van der Waals surface area (Å²) in [6.45, 7) is 0. The topological polar surface area (TPSA) is 67.2 Å². The second-order valence-electron chi connectivity index (χ2n) is 7.23. The van der Waals surface area contributed by atoms with Gasteiger partial charge in [0.2, 0.25) is 0 Å². The van der Waals surface area contributed by atoms with E-state index in [1.54, 1.807) is 61.2 Å². The highest BCUT2D eigenvalue weighted by atomic mass is 19.1. The van der Waals surface area contributed by atoms with Gasteiger partial charge in [0.05, 0.1) is 0 Å².